The fourth-order valence-corrected chi connectivity index (χ4v) is 2.49. The fraction of sp³-hybridized carbons (Fsp3) is 0.786. The van der Waals surface area contributed by atoms with Crippen molar-refractivity contribution in [1.82, 2.24) is 15.4 Å². The number of hydrogen-bond donors (Lipinski definition) is 1. The maximum atomic E-state index is 5.36. The molecule has 2 aliphatic rings. The van der Waals surface area contributed by atoms with Crippen molar-refractivity contribution >= 4 is 0 Å². The Kier molecular flexibility index (Phi) is 4.15. The van der Waals surface area contributed by atoms with Gasteiger partial charge in [-0.3, -0.25) is 4.90 Å². The van der Waals surface area contributed by atoms with Crippen molar-refractivity contribution in [3.63, 3.8) is 0 Å². The Bertz CT molecular complexity index is 397. The maximum absolute atomic E-state index is 5.36. The van der Waals surface area contributed by atoms with Crippen LogP contribution in [0.15, 0.2) is 10.6 Å². The van der Waals surface area contributed by atoms with Crippen LogP contribution >= 0.6 is 0 Å². The van der Waals surface area contributed by atoms with E-state index in [1.54, 1.807) is 0 Å². The van der Waals surface area contributed by atoms with Crippen LogP contribution < -0.4 is 5.32 Å². The first-order valence-electron chi connectivity index (χ1n) is 7.30. The highest BCUT2D eigenvalue weighted by atomic mass is 16.5. The first kappa shape index (κ1) is 13.1. The Balaban J connectivity index is 1.40. The summed E-state index contributed by atoms with van der Waals surface area (Å²) in [5.41, 5.74) is 1.02. The normalized spacial score (nSPS) is 22.6. The van der Waals surface area contributed by atoms with Crippen molar-refractivity contribution in [2.75, 3.05) is 32.8 Å². The van der Waals surface area contributed by atoms with Crippen molar-refractivity contribution in [2.45, 2.75) is 38.3 Å². The summed E-state index contributed by atoms with van der Waals surface area (Å²) < 4.78 is 10.7. The molecule has 0 aromatic carbocycles. The van der Waals surface area contributed by atoms with Gasteiger partial charge in [-0.25, -0.2) is 0 Å². The molecule has 2 fully saturated rings. The summed E-state index contributed by atoms with van der Waals surface area (Å²) in [5, 5.41) is 7.64. The van der Waals surface area contributed by atoms with Crippen LogP contribution in [0.3, 0.4) is 0 Å². The number of aromatic nitrogens is 1. The van der Waals surface area contributed by atoms with Crippen LogP contribution in [0.1, 0.15) is 37.1 Å². The van der Waals surface area contributed by atoms with Gasteiger partial charge in [0.15, 0.2) is 0 Å². The van der Waals surface area contributed by atoms with Gasteiger partial charge < -0.3 is 14.6 Å². The summed E-state index contributed by atoms with van der Waals surface area (Å²) in [4.78, 5) is 2.44. The van der Waals surface area contributed by atoms with Crippen molar-refractivity contribution < 1.29 is 9.26 Å². The minimum absolute atomic E-state index is 0.458. The zero-order valence-electron chi connectivity index (χ0n) is 11.6. The molecule has 19 heavy (non-hydrogen) atoms. The Labute approximate surface area is 114 Å². The monoisotopic (exact) mass is 265 g/mol. The van der Waals surface area contributed by atoms with Crippen LogP contribution in [0.25, 0.3) is 0 Å². The molecule has 1 unspecified atom stereocenters. The predicted molar refractivity (Wildman–Crippen MR) is 72.0 cm³/mol. The number of nitrogens with one attached hydrogen (secondary N) is 1. The minimum atomic E-state index is 0.458. The Hall–Kier alpha value is -0.910. The maximum Gasteiger partial charge on any atom is 0.140 e. The van der Waals surface area contributed by atoms with E-state index >= 15 is 0 Å². The van der Waals surface area contributed by atoms with Crippen molar-refractivity contribution in [1.29, 1.82) is 0 Å². The third-order valence-electron chi connectivity index (χ3n) is 3.82. The molecule has 106 valence electrons. The SMILES string of the molecule is CC(CN1CCOCC1)NCc1cc(C2CC2)on1. The summed E-state index contributed by atoms with van der Waals surface area (Å²) in [7, 11) is 0. The fourth-order valence-electron chi connectivity index (χ4n) is 2.49. The summed E-state index contributed by atoms with van der Waals surface area (Å²) in [6, 6.07) is 2.56. The standard InChI is InChI=1S/C14H23N3O2/c1-11(10-17-4-6-18-7-5-17)15-9-13-8-14(19-16-13)12-2-3-12/h8,11-12,15H,2-7,9-10H2,1H3. The zero-order valence-corrected chi connectivity index (χ0v) is 11.6. The second-order valence-electron chi connectivity index (χ2n) is 5.69. The van der Waals surface area contributed by atoms with Crippen LogP contribution in [-0.2, 0) is 11.3 Å². The van der Waals surface area contributed by atoms with E-state index in [1.165, 1.54) is 12.8 Å². The van der Waals surface area contributed by atoms with Crippen molar-refractivity contribution in [3.05, 3.63) is 17.5 Å². The average Bonchev–Trinajstić information content (AvgIpc) is 3.17. The summed E-state index contributed by atoms with van der Waals surface area (Å²) in [6.07, 6.45) is 2.52. The molecule has 1 aliphatic heterocycles. The Morgan fingerprint density at radius 3 is 2.95 bits per heavy atom. The van der Waals surface area contributed by atoms with Gasteiger partial charge in [0, 0.05) is 44.2 Å². The largest absolute Gasteiger partial charge is 0.379 e. The Morgan fingerprint density at radius 2 is 2.21 bits per heavy atom. The van der Waals surface area contributed by atoms with Crippen molar-refractivity contribution in [2.24, 2.45) is 0 Å². The quantitative estimate of drug-likeness (QED) is 0.841. The molecule has 0 amide bonds. The second-order valence-corrected chi connectivity index (χ2v) is 5.69. The van der Waals surface area contributed by atoms with E-state index in [0.29, 0.717) is 12.0 Å². The second kappa shape index (κ2) is 6.03. The van der Waals surface area contributed by atoms with Crippen LogP contribution in [0.4, 0.5) is 0 Å². The summed E-state index contributed by atoms with van der Waals surface area (Å²) in [5.74, 6) is 1.71. The van der Waals surface area contributed by atoms with Gasteiger partial charge in [-0.05, 0) is 19.8 Å². The van der Waals surface area contributed by atoms with Gasteiger partial charge in [0.2, 0.25) is 0 Å². The molecule has 3 rings (SSSR count). The first-order valence-corrected chi connectivity index (χ1v) is 7.30. The van der Waals surface area contributed by atoms with Gasteiger partial charge >= 0.3 is 0 Å². The lowest BCUT2D eigenvalue weighted by atomic mass is 10.2. The third kappa shape index (κ3) is 3.78. The van der Waals surface area contributed by atoms with Crippen LogP contribution in [0, 0.1) is 0 Å². The van der Waals surface area contributed by atoms with Crippen LogP contribution in [0.5, 0.6) is 0 Å². The van der Waals surface area contributed by atoms with Gasteiger partial charge in [0.1, 0.15) is 5.76 Å². The molecule has 0 radical (unpaired) electrons. The van der Waals surface area contributed by atoms with Crippen molar-refractivity contribution in [3.8, 4) is 0 Å². The molecule has 1 atom stereocenters. The lowest BCUT2D eigenvalue weighted by molar-refractivity contribution is 0.0343. The van der Waals surface area contributed by atoms with Gasteiger partial charge in [0.25, 0.3) is 0 Å². The average molecular weight is 265 g/mol. The van der Waals surface area contributed by atoms with E-state index in [2.05, 4.69) is 28.4 Å². The smallest absolute Gasteiger partial charge is 0.140 e. The summed E-state index contributed by atoms with van der Waals surface area (Å²) >= 11 is 0. The predicted octanol–water partition coefficient (Wildman–Crippen LogP) is 1.36. The highest BCUT2D eigenvalue weighted by Gasteiger charge is 2.27. The topological polar surface area (TPSA) is 50.5 Å². The molecule has 5 nitrogen and oxygen atoms in total. The molecule has 1 aromatic rings. The van der Waals surface area contributed by atoms with E-state index in [0.717, 1.165) is 50.8 Å². The molecule has 5 heteroatoms. The van der Waals surface area contributed by atoms with E-state index < -0.39 is 0 Å². The van der Waals surface area contributed by atoms with Gasteiger partial charge in [0.05, 0.1) is 18.9 Å². The van der Waals surface area contributed by atoms with Gasteiger partial charge in [-0.2, -0.15) is 0 Å². The number of nitrogens with zero attached hydrogens (tertiary/aromatic N) is 2. The Morgan fingerprint density at radius 1 is 1.42 bits per heavy atom. The minimum Gasteiger partial charge on any atom is -0.379 e. The lowest BCUT2D eigenvalue weighted by Gasteiger charge is -2.29. The molecule has 1 saturated heterocycles. The van der Waals surface area contributed by atoms with E-state index in [-0.39, 0.29) is 0 Å². The molecular weight excluding hydrogens is 242 g/mol. The molecule has 0 spiro atoms. The van der Waals surface area contributed by atoms with Gasteiger partial charge in [-0.1, -0.05) is 5.16 Å². The summed E-state index contributed by atoms with van der Waals surface area (Å²) in [6.45, 7) is 7.89. The van der Waals surface area contributed by atoms with Crippen LogP contribution in [-0.4, -0.2) is 48.9 Å². The number of rotatable bonds is 6. The molecule has 1 N–H and O–H groups in total. The highest BCUT2D eigenvalue weighted by Crippen LogP contribution is 2.40. The number of hydrogen-bond acceptors (Lipinski definition) is 5. The zero-order chi connectivity index (χ0) is 13.1. The van der Waals surface area contributed by atoms with E-state index in [1.807, 2.05) is 0 Å². The number of ether oxygens (including phenoxy) is 1. The van der Waals surface area contributed by atoms with Gasteiger partial charge in [-0.15, -0.1) is 0 Å². The molecule has 1 aliphatic carbocycles. The lowest BCUT2D eigenvalue weighted by Crippen LogP contribution is -2.44. The molecule has 0 bridgehead atoms. The van der Waals surface area contributed by atoms with E-state index in [4.69, 9.17) is 9.26 Å². The molecule has 2 heterocycles. The highest BCUT2D eigenvalue weighted by molar-refractivity contribution is 5.14. The molecular formula is C14H23N3O2. The number of morpholine rings is 1. The third-order valence-corrected chi connectivity index (χ3v) is 3.82. The molecule has 1 aromatic heterocycles. The van der Waals surface area contributed by atoms with E-state index in [9.17, 15) is 0 Å². The molecule has 1 saturated carbocycles. The van der Waals surface area contributed by atoms with Crippen LogP contribution in [0.2, 0.25) is 0 Å². The first-order chi connectivity index (χ1) is 9.31.